The Balaban J connectivity index is 2.32. The predicted molar refractivity (Wildman–Crippen MR) is 76.0 cm³/mol. The number of halogens is 1. The van der Waals surface area contributed by atoms with Crippen LogP contribution in [0.2, 0.25) is 0 Å². The first kappa shape index (κ1) is 14.8. The van der Waals surface area contributed by atoms with Gasteiger partial charge >= 0.3 is 5.97 Å². The summed E-state index contributed by atoms with van der Waals surface area (Å²) in [7, 11) is 0. The van der Waals surface area contributed by atoms with Gasteiger partial charge in [0.15, 0.2) is 0 Å². The van der Waals surface area contributed by atoms with Crippen LogP contribution in [-0.2, 0) is 6.54 Å². The lowest BCUT2D eigenvalue weighted by atomic mass is 10.1. The second-order valence-electron chi connectivity index (χ2n) is 4.51. The molecule has 0 aliphatic rings. The van der Waals surface area contributed by atoms with Gasteiger partial charge in [-0.25, -0.2) is 9.18 Å². The average Bonchev–Trinajstić information content (AvgIpc) is 2.89. The number of aromatic nitrogens is 1. The molecule has 0 aliphatic heterocycles. The van der Waals surface area contributed by atoms with E-state index in [0.29, 0.717) is 12.2 Å². The fourth-order valence-corrected chi connectivity index (χ4v) is 2.06. The van der Waals surface area contributed by atoms with Gasteiger partial charge in [-0.15, -0.1) is 0 Å². The molecule has 5 nitrogen and oxygen atoms in total. The van der Waals surface area contributed by atoms with Gasteiger partial charge in [0.05, 0.1) is 11.3 Å². The van der Waals surface area contributed by atoms with E-state index in [0.717, 1.165) is 12.5 Å². The Morgan fingerprint density at radius 1 is 1.29 bits per heavy atom. The highest BCUT2D eigenvalue weighted by Crippen LogP contribution is 2.21. The summed E-state index contributed by atoms with van der Waals surface area (Å²) >= 11 is 0. The van der Waals surface area contributed by atoms with Gasteiger partial charge < -0.3 is 15.0 Å². The van der Waals surface area contributed by atoms with Crippen LogP contribution in [-0.4, -0.2) is 21.6 Å². The first-order chi connectivity index (χ1) is 10.0. The molecule has 0 saturated heterocycles. The van der Waals surface area contributed by atoms with Crippen LogP contribution < -0.4 is 5.32 Å². The molecule has 0 saturated carbocycles. The van der Waals surface area contributed by atoms with Crippen LogP contribution in [0.15, 0.2) is 36.5 Å². The number of amides is 1. The maximum atomic E-state index is 13.8. The fourth-order valence-electron chi connectivity index (χ4n) is 2.06. The van der Waals surface area contributed by atoms with Gasteiger partial charge in [0.25, 0.3) is 5.91 Å². The monoisotopic (exact) mass is 290 g/mol. The quantitative estimate of drug-likeness (QED) is 0.889. The maximum absolute atomic E-state index is 13.8. The van der Waals surface area contributed by atoms with Crippen molar-refractivity contribution in [3.8, 4) is 0 Å². The lowest BCUT2D eigenvalue weighted by Crippen LogP contribution is -2.19. The molecule has 0 unspecified atom stereocenters. The van der Waals surface area contributed by atoms with Gasteiger partial charge in [-0.2, -0.15) is 0 Å². The van der Waals surface area contributed by atoms with E-state index in [-0.39, 0.29) is 11.3 Å². The van der Waals surface area contributed by atoms with Crippen LogP contribution in [0, 0.1) is 5.82 Å². The van der Waals surface area contributed by atoms with Gasteiger partial charge in [-0.1, -0.05) is 13.0 Å². The molecule has 110 valence electrons. The molecule has 2 aromatic rings. The highest BCUT2D eigenvalue weighted by atomic mass is 19.1. The van der Waals surface area contributed by atoms with Crippen molar-refractivity contribution in [1.29, 1.82) is 0 Å². The Hall–Kier alpha value is -2.63. The third-order valence-electron chi connectivity index (χ3n) is 3.01. The van der Waals surface area contributed by atoms with Crippen molar-refractivity contribution >= 4 is 17.6 Å². The van der Waals surface area contributed by atoms with E-state index in [2.05, 4.69) is 5.32 Å². The third kappa shape index (κ3) is 3.10. The Labute approximate surface area is 121 Å². The lowest BCUT2D eigenvalue weighted by Gasteiger charge is -2.11. The number of aryl methyl sites for hydroxylation is 1. The largest absolute Gasteiger partial charge is 0.478 e. The number of benzene rings is 1. The van der Waals surface area contributed by atoms with Gasteiger partial charge in [0.1, 0.15) is 11.5 Å². The van der Waals surface area contributed by atoms with Gasteiger partial charge in [-0.3, -0.25) is 4.79 Å². The Morgan fingerprint density at radius 2 is 2.05 bits per heavy atom. The number of carbonyl (C=O) groups is 2. The van der Waals surface area contributed by atoms with Crippen LogP contribution in [0.1, 0.15) is 34.2 Å². The zero-order chi connectivity index (χ0) is 15.4. The second kappa shape index (κ2) is 6.21. The van der Waals surface area contributed by atoms with Gasteiger partial charge in [0, 0.05) is 12.7 Å². The average molecular weight is 290 g/mol. The standard InChI is InChI=1S/C15H15FN2O3/c1-2-8-18-9-4-7-12(18)14(19)17-13-10(15(20)21)5-3-6-11(13)16/h3-7,9H,2,8H2,1H3,(H,17,19)(H,20,21). The molecule has 0 bridgehead atoms. The highest BCUT2D eigenvalue weighted by Gasteiger charge is 2.18. The third-order valence-corrected chi connectivity index (χ3v) is 3.01. The van der Waals surface area contributed by atoms with Gasteiger partial charge in [-0.05, 0) is 30.7 Å². The number of nitrogens with one attached hydrogen (secondary N) is 1. The number of hydrogen-bond acceptors (Lipinski definition) is 2. The summed E-state index contributed by atoms with van der Waals surface area (Å²) in [4.78, 5) is 23.3. The molecule has 21 heavy (non-hydrogen) atoms. The molecule has 1 heterocycles. The number of carboxylic acid groups (broad SMARTS) is 1. The smallest absolute Gasteiger partial charge is 0.337 e. The van der Waals surface area contributed by atoms with Crippen molar-refractivity contribution in [2.24, 2.45) is 0 Å². The van der Waals surface area contributed by atoms with Crippen molar-refractivity contribution in [1.82, 2.24) is 4.57 Å². The normalized spacial score (nSPS) is 10.4. The Kier molecular flexibility index (Phi) is 4.37. The zero-order valence-electron chi connectivity index (χ0n) is 11.5. The number of aromatic carboxylic acids is 1. The molecule has 0 aliphatic carbocycles. The summed E-state index contributed by atoms with van der Waals surface area (Å²) in [5, 5.41) is 11.4. The SMILES string of the molecule is CCCn1cccc1C(=O)Nc1c(F)cccc1C(=O)O. The molecule has 1 amide bonds. The molecule has 0 atom stereocenters. The van der Waals surface area contributed by atoms with Crippen molar-refractivity contribution in [3.05, 3.63) is 53.6 Å². The number of hydrogen-bond donors (Lipinski definition) is 2. The van der Waals surface area contributed by atoms with Crippen molar-refractivity contribution < 1.29 is 19.1 Å². The molecule has 2 N–H and O–H groups in total. The number of anilines is 1. The lowest BCUT2D eigenvalue weighted by molar-refractivity contribution is 0.0697. The Morgan fingerprint density at radius 3 is 2.71 bits per heavy atom. The molecular weight excluding hydrogens is 275 g/mol. The van der Waals surface area contributed by atoms with Gasteiger partial charge in [0.2, 0.25) is 0 Å². The summed E-state index contributed by atoms with van der Waals surface area (Å²) < 4.78 is 15.5. The molecule has 1 aromatic carbocycles. The minimum Gasteiger partial charge on any atom is -0.478 e. The number of para-hydroxylation sites is 1. The molecule has 6 heteroatoms. The Bertz CT molecular complexity index is 679. The van der Waals surface area contributed by atoms with E-state index < -0.39 is 17.7 Å². The fraction of sp³-hybridized carbons (Fsp3) is 0.200. The van der Waals surface area contributed by atoms with E-state index in [4.69, 9.17) is 5.11 Å². The van der Waals surface area contributed by atoms with E-state index in [1.807, 2.05) is 6.92 Å². The second-order valence-corrected chi connectivity index (χ2v) is 4.51. The minimum atomic E-state index is -1.30. The molecule has 0 spiro atoms. The molecule has 0 radical (unpaired) electrons. The van der Waals surface area contributed by atoms with Crippen LogP contribution in [0.4, 0.5) is 10.1 Å². The first-order valence-electron chi connectivity index (χ1n) is 6.53. The summed E-state index contributed by atoms with van der Waals surface area (Å²) in [5.41, 5.74) is -0.243. The van der Waals surface area contributed by atoms with Crippen LogP contribution >= 0.6 is 0 Å². The number of nitrogens with zero attached hydrogens (tertiary/aromatic N) is 1. The van der Waals surface area contributed by atoms with E-state index in [1.54, 1.807) is 22.9 Å². The minimum absolute atomic E-state index is 0.281. The van der Waals surface area contributed by atoms with Crippen molar-refractivity contribution in [2.45, 2.75) is 19.9 Å². The van der Waals surface area contributed by atoms with E-state index in [9.17, 15) is 14.0 Å². The molecule has 0 fully saturated rings. The van der Waals surface area contributed by atoms with Crippen molar-refractivity contribution in [2.75, 3.05) is 5.32 Å². The van der Waals surface area contributed by atoms with E-state index >= 15 is 0 Å². The maximum Gasteiger partial charge on any atom is 0.337 e. The predicted octanol–water partition coefficient (Wildman–Crippen LogP) is 2.99. The number of carboxylic acids is 1. The molecule has 1 aromatic heterocycles. The molecule has 2 rings (SSSR count). The topological polar surface area (TPSA) is 71.3 Å². The number of carbonyl (C=O) groups excluding carboxylic acids is 1. The molecular formula is C15H15FN2O3. The number of rotatable bonds is 5. The van der Waals surface area contributed by atoms with Crippen LogP contribution in [0.3, 0.4) is 0 Å². The summed E-state index contributed by atoms with van der Waals surface area (Å²) in [6, 6.07) is 6.95. The van der Waals surface area contributed by atoms with Crippen molar-refractivity contribution in [3.63, 3.8) is 0 Å². The zero-order valence-corrected chi connectivity index (χ0v) is 11.5. The van der Waals surface area contributed by atoms with Crippen LogP contribution in [0.25, 0.3) is 0 Å². The summed E-state index contributed by atoms with van der Waals surface area (Å²) in [5.74, 6) is -2.62. The highest BCUT2D eigenvalue weighted by molar-refractivity contribution is 6.07. The first-order valence-corrected chi connectivity index (χ1v) is 6.53. The summed E-state index contributed by atoms with van der Waals surface area (Å²) in [6.45, 7) is 2.62. The van der Waals surface area contributed by atoms with Crippen LogP contribution in [0.5, 0.6) is 0 Å². The van der Waals surface area contributed by atoms with E-state index in [1.165, 1.54) is 12.1 Å². The summed E-state index contributed by atoms with van der Waals surface area (Å²) in [6.07, 6.45) is 2.59.